The molecule has 1 aromatic carbocycles. The minimum atomic E-state index is -0.480. The summed E-state index contributed by atoms with van der Waals surface area (Å²) in [4.78, 5) is 11.8. The molecule has 0 saturated heterocycles. The third kappa shape index (κ3) is 3.61. The van der Waals surface area contributed by atoms with Crippen molar-refractivity contribution in [3.05, 3.63) is 32.7 Å². The van der Waals surface area contributed by atoms with Crippen LogP contribution < -0.4 is 0 Å². The molecule has 0 radical (unpaired) electrons. The van der Waals surface area contributed by atoms with Crippen LogP contribution in [0.4, 0.5) is 0 Å². The van der Waals surface area contributed by atoms with Gasteiger partial charge in [-0.05, 0) is 64.8 Å². The van der Waals surface area contributed by atoms with Crippen LogP contribution in [-0.4, -0.2) is 11.6 Å². The van der Waals surface area contributed by atoms with Gasteiger partial charge < -0.3 is 4.74 Å². The molecule has 0 aromatic heterocycles. The maximum atomic E-state index is 11.8. The quantitative estimate of drug-likeness (QED) is 0.720. The highest BCUT2D eigenvalue weighted by molar-refractivity contribution is 9.11. The Balaban J connectivity index is 3.02. The number of rotatable bonds is 1. The maximum Gasteiger partial charge on any atom is 0.340 e. The molecule has 0 amide bonds. The SMILES string of the molecule is CC(C)(C)OC(=O)c1c(Br)cccc1Br. The van der Waals surface area contributed by atoms with Crippen molar-refractivity contribution in [2.75, 3.05) is 0 Å². The van der Waals surface area contributed by atoms with Crippen molar-refractivity contribution in [2.24, 2.45) is 0 Å². The third-order valence-corrected chi connectivity index (χ3v) is 2.89. The van der Waals surface area contributed by atoms with E-state index in [1.54, 1.807) is 0 Å². The van der Waals surface area contributed by atoms with Gasteiger partial charge in [-0.3, -0.25) is 0 Å². The first-order chi connectivity index (χ1) is 6.81. The highest BCUT2D eigenvalue weighted by atomic mass is 79.9. The summed E-state index contributed by atoms with van der Waals surface area (Å²) in [6, 6.07) is 5.47. The number of carbonyl (C=O) groups is 1. The lowest BCUT2D eigenvalue weighted by Crippen LogP contribution is -2.24. The van der Waals surface area contributed by atoms with Crippen molar-refractivity contribution in [3.63, 3.8) is 0 Å². The summed E-state index contributed by atoms with van der Waals surface area (Å²) in [5.74, 6) is -0.332. The molecule has 4 heteroatoms. The molecule has 15 heavy (non-hydrogen) atoms. The van der Waals surface area contributed by atoms with Crippen molar-refractivity contribution in [2.45, 2.75) is 26.4 Å². The fraction of sp³-hybridized carbons (Fsp3) is 0.364. The summed E-state index contributed by atoms with van der Waals surface area (Å²) in [5, 5.41) is 0. The fourth-order valence-electron chi connectivity index (χ4n) is 1.02. The second-order valence-electron chi connectivity index (χ2n) is 4.10. The van der Waals surface area contributed by atoms with Gasteiger partial charge in [0.2, 0.25) is 0 Å². The highest BCUT2D eigenvalue weighted by Gasteiger charge is 2.21. The molecule has 0 fully saturated rings. The minimum absolute atomic E-state index is 0.332. The second kappa shape index (κ2) is 4.66. The summed E-state index contributed by atoms with van der Waals surface area (Å²) in [6.45, 7) is 5.53. The Hall–Kier alpha value is -0.350. The third-order valence-electron chi connectivity index (χ3n) is 1.57. The summed E-state index contributed by atoms with van der Waals surface area (Å²) in [5.41, 5.74) is 0.0404. The first kappa shape index (κ1) is 12.7. The normalized spacial score (nSPS) is 11.3. The van der Waals surface area contributed by atoms with Crippen LogP contribution in [0.1, 0.15) is 31.1 Å². The molecule has 1 aromatic rings. The Morgan fingerprint density at radius 1 is 1.20 bits per heavy atom. The smallest absolute Gasteiger partial charge is 0.340 e. The van der Waals surface area contributed by atoms with E-state index in [1.807, 2.05) is 39.0 Å². The first-order valence-corrected chi connectivity index (χ1v) is 6.07. The lowest BCUT2D eigenvalue weighted by atomic mass is 10.2. The molecule has 0 N–H and O–H groups in total. The second-order valence-corrected chi connectivity index (χ2v) is 5.81. The first-order valence-electron chi connectivity index (χ1n) is 4.48. The molecule has 1 rings (SSSR count). The maximum absolute atomic E-state index is 11.8. The summed E-state index contributed by atoms with van der Waals surface area (Å²) in [6.07, 6.45) is 0. The molecule has 0 heterocycles. The molecule has 0 unspecified atom stereocenters. The topological polar surface area (TPSA) is 26.3 Å². The fourth-order valence-corrected chi connectivity index (χ4v) is 2.34. The van der Waals surface area contributed by atoms with Crippen LogP contribution in [0.25, 0.3) is 0 Å². The van der Waals surface area contributed by atoms with Crippen LogP contribution in [0.2, 0.25) is 0 Å². The van der Waals surface area contributed by atoms with E-state index in [9.17, 15) is 4.79 Å². The van der Waals surface area contributed by atoms with Crippen molar-refractivity contribution >= 4 is 37.8 Å². The monoisotopic (exact) mass is 334 g/mol. The lowest BCUT2D eigenvalue weighted by molar-refractivity contribution is 0.00674. The zero-order valence-electron chi connectivity index (χ0n) is 8.80. The molecule has 2 nitrogen and oxygen atoms in total. The number of halogens is 2. The predicted molar refractivity (Wildman–Crippen MR) is 67.0 cm³/mol. The van der Waals surface area contributed by atoms with E-state index < -0.39 is 5.60 Å². The molecule has 0 aliphatic heterocycles. The summed E-state index contributed by atoms with van der Waals surface area (Å²) < 4.78 is 6.74. The minimum Gasteiger partial charge on any atom is -0.456 e. The van der Waals surface area contributed by atoms with Gasteiger partial charge in [0.15, 0.2) is 0 Å². The highest BCUT2D eigenvalue weighted by Crippen LogP contribution is 2.27. The van der Waals surface area contributed by atoms with Gasteiger partial charge >= 0.3 is 5.97 Å². The van der Waals surface area contributed by atoms with Crippen LogP contribution in [0.15, 0.2) is 27.1 Å². The average molecular weight is 336 g/mol. The van der Waals surface area contributed by atoms with E-state index in [2.05, 4.69) is 31.9 Å². The Bertz CT molecular complexity index is 360. The van der Waals surface area contributed by atoms with Crippen molar-refractivity contribution in [1.29, 1.82) is 0 Å². The molecule has 0 aliphatic carbocycles. The Morgan fingerprint density at radius 3 is 2.07 bits per heavy atom. The molecular formula is C11H12Br2O2. The van der Waals surface area contributed by atoms with Gasteiger partial charge in [0, 0.05) is 8.95 Å². The number of esters is 1. The molecule has 0 aliphatic rings. The number of ether oxygens (including phenoxy) is 1. The standard InChI is InChI=1S/C11H12Br2O2/c1-11(2,3)15-10(14)9-7(12)5-4-6-8(9)13/h4-6H,1-3H3. The zero-order chi connectivity index (χ0) is 11.6. The molecule has 82 valence electrons. The van der Waals surface area contributed by atoms with Crippen LogP contribution in [0.5, 0.6) is 0 Å². The van der Waals surface area contributed by atoms with Crippen molar-refractivity contribution < 1.29 is 9.53 Å². The Labute approximate surface area is 106 Å². The molecular weight excluding hydrogens is 324 g/mol. The van der Waals surface area contributed by atoms with Gasteiger partial charge in [0.25, 0.3) is 0 Å². The van der Waals surface area contributed by atoms with E-state index in [-0.39, 0.29) is 5.97 Å². The van der Waals surface area contributed by atoms with Crippen molar-refractivity contribution in [1.82, 2.24) is 0 Å². The molecule has 0 atom stereocenters. The van der Waals surface area contributed by atoms with Gasteiger partial charge in [-0.15, -0.1) is 0 Å². The Kier molecular flexibility index (Phi) is 3.95. The lowest BCUT2D eigenvalue weighted by Gasteiger charge is -2.20. The molecule has 0 spiro atoms. The Morgan fingerprint density at radius 2 is 1.67 bits per heavy atom. The van der Waals surface area contributed by atoms with E-state index >= 15 is 0 Å². The van der Waals surface area contributed by atoms with Gasteiger partial charge in [0.1, 0.15) is 5.60 Å². The van der Waals surface area contributed by atoms with E-state index in [0.717, 1.165) is 8.95 Å². The molecule has 0 bridgehead atoms. The van der Waals surface area contributed by atoms with Gasteiger partial charge in [-0.1, -0.05) is 6.07 Å². The van der Waals surface area contributed by atoms with Gasteiger partial charge in [0.05, 0.1) is 5.56 Å². The summed E-state index contributed by atoms with van der Waals surface area (Å²) >= 11 is 6.65. The number of hydrogen-bond donors (Lipinski definition) is 0. The predicted octanol–water partition coefficient (Wildman–Crippen LogP) is 4.17. The van der Waals surface area contributed by atoms with Crippen LogP contribution in [-0.2, 0) is 4.74 Å². The average Bonchev–Trinajstić information content (AvgIpc) is 1.99. The van der Waals surface area contributed by atoms with E-state index in [4.69, 9.17) is 4.74 Å². The number of benzene rings is 1. The van der Waals surface area contributed by atoms with Crippen LogP contribution in [0.3, 0.4) is 0 Å². The van der Waals surface area contributed by atoms with Gasteiger partial charge in [-0.25, -0.2) is 4.79 Å². The van der Waals surface area contributed by atoms with Crippen LogP contribution >= 0.6 is 31.9 Å². The number of carbonyl (C=O) groups excluding carboxylic acids is 1. The summed E-state index contributed by atoms with van der Waals surface area (Å²) in [7, 11) is 0. The number of hydrogen-bond acceptors (Lipinski definition) is 2. The molecule has 0 saturated carbocycles. The van der Waals surface area contributed by atoms with Crippen LogP contribution in [0, 0.1) is 0 Å². The largest absolute Gasteiger partial charge is 0.456 e. The van der Waals surface area contributed by atoms with E-state index in [1.165, 1.54) is 0 Å². The zero-order valence-corrected chi connectivity index (χ0v) is 12.0. The van der Waals surface area contributed by atoms with Gasteiger partial charge in [-0.2, -0.15) is 0 Å². The van der Waals surface area contributed by atoms with Crippen molar-refractivity contribution in [3.8, 4) is 0 Å². The van der Waals surface area contributed by atoms with E-state index in [0.29, 0.717) is 5.56 Å².